The van der Waals surface area contributed by atoms with Crippen molar-refractivity contribution in [2.24, 2.45) is 0 Å². The second kappa shape index (κ2) is 12.4. The summed E-state index contributed by atoms with van der Waals surface area (Å²) in [6, 6.07) is 12.9. The fourth-order valence-electron chi connectivity index (χ4n) is 4.08. The number of fused-ring (bicyclic) bond motifs is 1. The van der Waals surface area contributed by atoms with Crippen LogP contribution in [0.1, 0.15) is 16.1 Å². The number of carbonyl (C=O) groups is 1. The fraction of sp³-hybridized carbons (Fsp3) is 0.222. The molecule has 4 rings (SSSR count). The van der Waals surface area contributed by atoms with Crippen molar-refractivity contribution >= 4 is 24.3 Å². The molecule has 3 aromatic carbocycles. The first-order valence-electron chi connectivity index (χ1n) is 11.3. The molecular formula is C27H26NaO10P. The number of hydrogen-bond acceptors (Lipinski definition) is 10. The van der Waals surface area contributed by atoms with Gasteiger partial charge in [0.15, 0.2) is 36.4 Å². The van der Waals surface area contributed by atoms with E-state index in [2.05, 4.69) is 0 Å². The Bertz CT molecular complexity index is 1530. The van der Waals surface area contributed by atoms with E-state index in [1.807, 2.05) is 0 Å². The van der Waals surface area contributed by atoms with Crippen molar-refractivity contribution in [3.05, 3.63) is 59.9 Å². The zero-order valence-corrected chi connectivity index (χ0v) is 25.5. The summed E-state index contributed by atoms with van der Waals surface area (Å²) in [7, 11) is 3.12. The molecule has 0 aliphatic carbocycles. The molecule has 0 N–H and O–H groups in total. The zero-order chi connectivity index (χ0) is 27.6. The van der Waals surface area contributed by atoms with E-state index in [1.54, 1.807) is 30.3 Å². The Kier molecular flexibility index (Phi) is 9.64. The molecule has 1 heterocycles. The van der Waals surface area contributed by atoms with E-state index >= 15 is 0 Å². The summed E-state index contributed by atoms with van der Waals surface area (Å²) in [5, 5.41) is 0.597. The Balaban J connectivity index is 0.00000420. The molecule has 0 aliphatic rings. The Morgan fingerprint density at radius 2 is 1.44 bits per heavy atom. The summed E-state index contributed by atoms with van der Waals surface area (Å²) in [5.41, 5.74) is 1.49. The minimum atomic E-state index is -4.16. The third kappa shape index (κ3) is 6.21. The van der Waals surface area contributed by atoms with Crippen molar-refractivity contribution in [3.63, 3.8) is 0 Å². The van der Waals surface area contributed by atoms with Crippen LogP contribution in [0.3, 0.4) is 0 Å². The predicted octanol–water partition coefficient (Wildman–Crippen LogP) is 1.94. The molecule has 200 valence electrons. The standard InChI is InChI=1S/C27H27O10P.Na/c1-31-17-8-9-18-20(14-17)36-27(25(28)16-12-22(33-3)26(35-5)23(13-16)34-4)24(18)15-7-10-19(32-2)21(11-15)37-38(6,29)30;/h7-14H,1-6H3,(H,29,30);/q;+1/p-1. The Morgan fingerprint density at radius 1 is 0.795 bits per heavy atom. The van der Waals surface area contributed by atoms with Crippen LogP contribution in [0.4, 0.5) is 0 Å². The number of hydrogen-bond donors (Lipinski definition) is 0. The normalized spacial score (nSPS) is 12.2. The van der Waals surface area contributed by atoms with Crippen molar-refractivity contribution < 1.29 is 76.4 Å². The second-order valence-corrected chi connectivity index (χ2v) is 9.86. The van der Waals surface area contributed by atoms with Crippen LogP contribution in [0.15, 0.2) is 52.9 Å². The van der Waals surface area contributed by atoms with E-state index in [1.165, 1.54) is 53.7 Å². The molecule has 1 aromatic heterocycles. The van der Waals surface area contributed by atoms with Crippen LogP contribution in [0.2, 0.25) is 0 Å². The smallest absolute Gasteiger partial charge is 0.769 e. The van der Waals surface area contributed by atoms with Gasteiger partial charge in [0.05, 0.1) is 35.5 Å². The van der Waals surface area contributed by atoms with Crippen LogP contribution in [-0.2, 0) is 4.57 Å². The molecule has 12 heteroatoms. The predicted molar refractivity (Wildman–Crippen MR) is 138 cm³/mol. The molecule has 0 saturated heterocycles. The number of rotatable bonds is 10. The van der Waals surface area contributed by atoms with Gasteiger partial charge >= 0.3 is 29.6 Å². The SMILES string of the molecule is COc1ccc2c(-c3ccc(OC)c(OP(C)(=O)[O-])c3)c(C(=O)c3cc(OC)c(OC)c(OC)c3)oc2c1.[Na+]. The van der Waals surface area contributed by atoms with E-state index in [9.17, 15) is 14.3 Å². The minimum Gasteiger partial charge on any atom is -0.769 e. The van der Waals surface area contributed by atoms with E-state index in [-0.39, 0.29) is 52.4 Å². The van der Waals surface area contributed by atoms with E-state index < -0.39 is 13.4 Å². The van der Waals surface area contributed by atoms with Crippen molar-refractivity contribution in [2.45, 2.75) is 0 Å². The molecule has 0 fully saturated rings. The number of carbonyl (C=O) groups excluding carboxylic acids is 1. The quantitative estimate of drug-likeness (QED) is 0.160. The molecule has 0 saturated carbocycles. The van der Waals surface area contributed by atoms with Gasteiger partial charge in [-0.25, -0.2) is 0 Å². The molecule has 1 atom stereocenters. The van der Waals surface area contributed by atoms with Crippen LogP contribution in [0.5, 0.6) is 34.5 Å². The van der Waals surface area contributed by atoms with Gasteiger partial charge < -0.3 is 37.5 Å². The van der Waals surface area contributed by atoms with E-state index in [0.717, 1.165) is 6.66 Å². The molecule has 1 unspecified atom stereocenters. The van der Waals surface area contributed by atoms with Gasteiger partial charge in [0.25, 0.3) is 0 Å². The summed E-state index contributed by atoms with van der Waals surface area (Å²) < 4.78 is 49.9. The fourth-order valence-corrected chi connectivity index (χ4v) is 4.58. The molecule has 10 nitrogen and oxygen atoms in total. The van der Waals surface area contributed by atoms with E-state index in [4.69, 9.17) is 32.6 Å². The Morgan fingerprint density at radius 3 is 1.97 bits per heavy atom. The molecular weight excluding hydrogens is 538 g/mol. The number of furan rings is 1. The van der Waals surface area contributed by atoms with Gasteiger partial charge in [0.1, 0.15) is 11.3 Å². The van der Waals surface area contributed by atoms with Crippen LogP contribution in [-0.4, -0.2) is 48.0 Å². The number of ketones is 1. The monoisotopic (exact) mass is 564 g/mol. The topological polar surface area (TPSA) is 126 Å². The van der Waals surface area contributed by atoms with Crippen LogP contribution < -0.4 is 62.7 Å². The number of methoxy groups -OCH3 is 5. The summed E-state index contributed by atoms with van der Waals surface area (Å²) >= 11 is 0. The van der Waals surface area contributed by atoms with Crippen LogP contribution in [0, 0.1) is 0 Å². The molecule has 0 bridgehead atoms. The first-order valence-corrected chi connectivity index (χ1v) is 13.2. The molecule has 39 heavy (non-hydrogen) atoms. The number of benzene rings is 3. The first-order chi connectivity index (χ1) is 18.1. The maximum Gasteiger partial charge on any atom is 1.00 e. The van der Waals surface area contributed by atoms with Gasteiger partial charge in [-0.3, -0.25) is 9.36 Å². The first kappa shape index (κ1) is 30.4. The Hall–Kier alpha value is -3.14. The average molecular weight is 564 g/mol. The van der Waals surface area contributed by atoms with Crippen molar-refractivity contribution in [1.82, 2.24) is 0 Å². The van der Waals surface area contributed by atoms with Gasteiger partial charge in [-0.2, -0.15) is 0 Å². The minimum absolute atomic E-state index is 0. The average Bonchev–Trinajstić information content (AvgIpc) is 3.29. The summed E-state index contributed by atoms with van der Waals surface area (Å²) in [6.07, 6.45) is 0. The molecule has 0 radical (unpaired) electrons. The number of ether oxygens (including phenoxy) is 5. The largest absolute Gasteiger partial charge is 1.00 e. The summed E-state index contributed by atoms with van der Waals surface area (Å²) in [5.74, 6) is 1.16. The molecule has 4 aromatic rings. The molecule has 0 spiro atoms. The van der Waals surface area contributed by atoms with Crippen LogP contribution >= 0.6 is 7.60 Å². The van der Waals surface area contributed by atoms with Gasteiger partial charge in [0.2, 0.25) is 11.5 Å². The molecule has 0 aliphatic heterocycles. The van der Waals surface area contributed by atoms with Gasteiger partial charge in [0, 0.05) is 29.2 Å². The third-order valence-electron chi connectivity index (χ3n) is 5.75. The maximum absolute atomic E-state index is 13.9. The van der Waals surface area contributed by atoms with Crippen molar-refractivity contribution in [1.29, 1.82) is 0 Å². The van der Waals surface area contributed by atoms with E-state index in [0.29, 0.717) is 45.1 Å². The maximum atomic E-state index is 13.9. The van der Waals surface area contributed by atoms with Gasteiger partial charge in [-0.05, 0) is 42.0 Å². The summed E-state index contributed by atoms with van der Waals surface area (Å²) in [6.45, 7) is 0.956. The van der Waals surface area contributed by atoms with Crippen LogP contribution in [0.25, 0.3) is 22.1 Å². The second-order valence-electron chi connectivity index (χ2n) is 8.14. The zero-order valence-electron chi connectivity index (χ0n) is 22.6. The summed E-state index contributed by atoms with van der Waals surface area (Å²) in [4.78, 5) is 25.8. The third-order valence-corrected chi connectivity index (χ3v) is 6.28. The van der Waals surface area contributed by atoms with Gasteiger partial charge in [-0.15, -0.1) is 0 Å². The Labute approximate surface area is 247 Å². The van der Waals surface area contributed by atoms with Crippen molar-refractivity contribution in [3.8, 4) is 45.6 Å². The van der Waals surface area contributed by atoms with Crippen molar-refractivity contribution in [2.75, 3.05) is 42.2 Å². The molecule has 0 amide bonds. The van der Waals surface area contributed by atoms with Gasteiger partial charge in [-0.1, -0.05) is 6.07 Å².